The highest BCUT2D eigenvalue weighted by Crippen LogP contribution is 2.29. The summed E-state index contributed by atoms with van der Waals surface area (Å²) < 4.78 is 1.85. The Bertz CT molecular complexity index is 379. The van der Waals surface area contributed by atoms with Crippen molar-refractivity contribution in [1.82, 2.24) is 20.1 Å². The van der Waals surface area contributed by atoms with Crippen LogP contribution in [-0.4, -0.2) is 39.4 Å². The van der Waals surface area contributed by atoms with Crippen molar-refractivity contribution >= 4 is 0 Å². The van der Waals surface area contributed by atoms with E-state index in [1.54, 1.807) is 0 Å². The van der Waals surface area contributed by atoms with Crippen LogP contribution >= 0.6 is 0 Å². The van der Waals surface area contributed by atoms with E-state index in [9.17, 15) is 0 Å². The molecule has 1 atom stereocenters. The lowest BCUT2D eigenvalue weighted by Crippen LogP contribution is -2.63. The zero-order valence-corrected chi connectivity index (χ0v) is 13.7. The minimum absolute atomic E-state index is 0.0791. The average Bonchev–Trinajstić information content (AvgIpc) is 2.88. The number of aryl methyl sites for hydroxylation is 1. The fourth-order valence-electron chi connectivity index (χ4n) is 3.45. The van der Waals surface area contributed by atoms with Crippen LogP contribution < -0.4 is 11.3 Å². The number of aromatic nitrogens is 2. The van der Waals surface area contributed by atoms with Crippen molar-refractivity contribution in [3.63, 3.8) is 0 Å². The molecule has 0 saturated carbocycles. The summed E-state index contributed by atoms with van der Waals surface area (Å²) in [6.07, 6.45) is 5.00. The van der Waals surface area contributed by atoms with E-state index < -0.39 is 0 Å². The molecule has 1 heterocycles. The van der Waals surface area contributed by atoms with Gasteiger partial charge in [0, 0.05) is 31.2 Å². The van der Waals surface area contributed by atoms with Gasteiger partial charge in [-0.15, -0.1) is 0 Å². The van der Waals surface area contributed by atoms with Gasteiger partial charge in [0.2, 0.25) is 0 Å². The van der Waals surface area contributed by atoms with Crippen LogP contribution in [0.4, 0.5) is 0 Å². The molecule has 1 unspecified atom stereocenters. The van der Waals surface area contributed by atoms with Crippen molar-refractivity contribution in [1.29, 1.82) is 0 Å². The fourth-order valence-corrected chi connectivity index (χ4v) is 3.45. The lowest BCUT2D eigenvalue weighted by molar-refractivity contribution is 0.0488. The predicted molar refractivity (Wildman–Crippen MR) is 84.3 cm³/mol. The molecule has 1 aromatic heterocycles. The van der Waals surface area contributed by atoms with E-state index in [2.05, 4.69) is 49.2 Å². The summed E-state index contributed by atoms with van der Waals surface area (Å²) in [6, 6.07) is 2.27. The van der Waals surface area contributed by atoms with Crippen LogP contribution in [0.2, 0.25) is 0 Å². The predicted octanol–water partition coefficient (Wildman–Crippen LogP) is 1.70. The maximum Gasteiger partial charge on any atom is 0.0641 e. The van der Waals surface area contributed by atoms with Gasteiger partial charge in [0.1, 0.15) is 0 Å². The van der Waals surface area contributed by atoms with Gasteiger partial charge >= 0.3 is 0 Å². The molecule has 0 aliphatic heterocycles. The summed E-state index contributed by atoms with van der Waals surface area (Å²) >= 11 is 0. The Balaban J connectivity index is 3.01. The Hall–Kier alpha value is -0.910. The molecule has 0 spiro atoms. The van der Waals surface area contributed by atoms with E-state index in [0.29, 0.717) is 0 Å². The Morgan fingerprint density at radius 1 is 1.30 bits per heavy atom. The third-order valence-corrected chi connectivity index (χ3v) is 4.65. The highest BCUT2D eigenvalue weighted by molar-refractivity contribution is 5.07. The van der Waals surface area contributed by atoms with E-state index in [1.807, 2.05) is 17.9 Å². The zero-order valence-electron chi connectivity index (χ0n) is 13.7. The molecular formula is C15H31N5. The summed E-state index contributed by atoms with van der Waals surface area (Å²) in [5.41, 5.74) is 4.23. The van der Waals surface area contributed by atoms with Crippen LogP contribution in [0.25, 0.3) is 0 Å². The number of likely N-dealkylation sites (N-methyl/N-ethyl adjacent to an activating group) is 1. The molecule has 3 N–H and O–H groups in total. The van der Waals surface area contributed by atoms with Gasteiger partial charge < -0.3 is 0 Å². The summed E-state index contributed by atoms with van der Waals surface area (Å²) in [5, 5.41) is 4.49. The first-order valence-electron chi connectivity index (χ1n) is 7.77. The van der Waals surface area contributed by atoms with Gasteiger partial charge in [-0.05, 0) is 32.0 Å². The largest absolute Gasteiger partial charge is 0.297 e. The number of hydrazine groups is 1. The topological polar surface area (TPSA) is 59.1 Å². The van der Waals surface area contributed by atoms with E-state index in [-0.39, 0.29) is 11.6 Å². The molecule has 0 aliphatic carbocycles. The first-order chi connectivity index (χ1) is 9.57. The monoisotopic (exact) mass is 281 g/mol. The molecule has 0 aromatic carbocycles. The highest BCUT2D eigenvalue weighted by Gasteiger charge is 2.39. The maximum absolute atomic E-state index is 5.90. The fraction of sp³-hybridized carbons (Fsp3) is 0.800. The SMILES string of the molecule is CCN(CC)C(CC)(CC)C(Cc1ccn(C)n1)NN. The Morgan fingerprint density at radius 3 is 2.25 bits per heavy atom. The molecule has 0 bridgehead atoms. The molecule has 1 rings (SSSR count). The van der Waals surface area contributed by atoms with E-state index >= 15 is 0 Å². The van der Waals surface area contributed by atoms with Gasteiger partial charge in [-0.2, -0.15) is 5.10 Å². The highest BCUT2D eigenvalue weighted by atomic mass is 15.3. The minimum atomic E-state index is 0.0791. The van der Waals surface area contributed by atoms with Crippen molar-refractivity contribution in [3.8, 4) is 0 Å². The second-order valence-corrected chi connectivity index (χ2v) is 5.39. The van der Waals surface area contributed by atoms with Crippen LogP contribution in [0, 0.1) is 0 Å². The zero-order chi connectivity index (χ0) is 15.2. The van der Waals surface area contributed by atoms with E-state index in [1.165, 1.54) is 0 Å². The van der Waals surface area contributed by atoms with Crippen LogP contribution in [0.15, 0.2) is 12.3 Å². The van der Waals surface area contributed by atoms with Gasteiger partial charge in [0.05, 0.1) is 5.69 Å². The smallest absolute Gasteiger partial charge is 0.0641 e. The number of hydrogen-bond donors (Lipinski definition) is 2. The van der Waals surface area contributed by atoms with Crippen LogP contribution in [-0.2, 0) is 13.5 Å². The van der Waals surface area contributed by atoms with Gasteiger partial charge in [0.25, 0.3) is 0 Å². The lowest BCUT2D eigenvalue weighted by Gasteiger charge is -2.47. The number of nitrogens with one attached hydrogen (secondary N) is 1. The molecule has 0 radical (unpaired) electrons. The van der Waals surface area contributed by atoms with Crippen molar-refractivity contribution in [2.24, 2.45) is 12.9 Å². The number of rotatable bonds is 9. The van der Waals surface area contributed by atoms with Crippen LogP contribution in [0.1, 0.15) is 46.2 Å². The van der Waals surface area contributed by atoms with Crippen molar-refractivity contribution < 1.29 is 0 Å². The van der Waals surface area contributed by atoms with E-state index in [0.717, 1.165) is 38.0 Å². The van der Waals surface area contributed by atoms with E-state index in [4.69, 9.17) is 5.84 Å². The molecule has 0 saturated heterocycles. The standard InChI is InChI=1S/C15H31N5/c1-6-15(7-2,20(8-3)9-4)14(17-16)12-13-10-11-19(5)18-13/h10-11,14,17H,6-9,12,16H2,1-5H3. The summed E-state index contributed by atoms with van der Waals surface area (Å²) in [6.45, 7) is 11.0. The average molecular weight is 281 g/mol. The summed E-state index contributed by atoms with van der Waals surface area (Å²) in [7, 11) is 1.95. The van der Waals surface area contributed by atoms with Crippen LogP contribution in [0.3, 0.4) is 0 Å². The number of hydrogen-bond acceptors (Lipinski definition) is 4. The molecular weight excluding hydrogens is 250 g/mol. The Morgan fingerprint density at radius 2 is 1.90 bits per heavy atom. The third kappa shape index (κ3) is 3.40. The molecule has 0 amide bonds. The van der Waals surface area contributed by atoms with Gasteiger partial charge in [-0.25, -0.2) is 0 Å². The molecule has 5 heteroatoms. The van der Waals surface area contributed by atoms with Crippen molar-refractivity contribution in [3.05, 3.63) is 18.0 Å². The number of nitrogens with two attached hydrogens (primary N) is 1. The first-order valence-corrected chi connectivity index (χ1v) is 7.77. The second kappa shape index (κ2) is 7.76. The summed E-state index contributed by atoms with van der Waals surface area (Å²) in [5.74, 6) is 5.90. The molecule has 1 aromatic rings. The lowest BCUT2D eigenvalue weighted by atomic mass is 9.80. The Kier molecular flexibility index (Phi) is 6.65. The first kappa shape index (κ1) is 17.1. The summed E-state index contributed by atoms with van der Waals surface area (Å²) in [4.78, 5) is 2.53. The minimum Gasteiger partial charge on any atom is -0.297 e. The molecule has 0 aliphatic rings. The van der Waals surface area contributed by atoms with Crippen LogP contribution in [0.5, 0.6) is 0 Å². The normalized spacial score (nSPS) is 13.9. The van der Waals surface area contributed by atoms with Gasteiger partial charge in [-0.3, -0.25) is 20.9 Å². The number of nitrogens with zero attached hydrogens (tertiary/aromatic N) is 3. The molecule has 0 fully saturated rings. The van der Waals surface area contributed by atoms with Gasteiger partial charge in [0.15, 0.2) is 0 Å². The third-order valence-electron chi connectivity index (χ3n) is 4.65. The van der Waals surface area contributed by atoms with Crippen molar-refractivity contribution in [2.75, 3.05) is 13.1 Å². The van der Waals surface area contributed by atoms with Gasteiger partial charge in [-0.1, -0.05) is 27.7 Å². The Labute approximate surface area is 123 Å². The molecule has 20 heavy (non-hydrogen) atoms. The maximum atomic E-state index is 5.90. The quantitative estimate of drug-likeness (QED) is 0.534. The van der Waals surface area contributed by atoms with Crippen molar-refractivity contribution in [2.45, 2.75) is 58.5 Å². The second-order valence-electron chi connectivity index (χ2n) is 5.39. The molecule has 5 nitrogen and oxygen atoms in total. The molecule has 116 valence electrons.